The standard InChI is InChI=1S/C18H18N4OS/c1-12(14-4-2-5-15(10-14)22-9-3-8-20-22)21-18(23)17-16(13-6-7-13)19-11-24-17/h2-5,8-13H,6-7H2,1H3,(H,21,23)/t12-/m0/s1. The van der Waals surface area contributed by atoms with Crippen LogP contribution in [0.25, 0.3) is 5.69 Å². The molecular formula is C18H18N4OS. The minimum absolute atomic E-state index is 0.0311. The van der Waals surface area contributed by atoms with Crippen LogP contribution in [0, 0.1) is 0 Å². The van der Waals surface area contributed by atoms with E-state index in [1.54, 1.807) is 11.7 Å². The number of amides is 1. The van der Waals surface area contributed by atoms with Gasteiger partial charge in [0.25, 0.3) is 5.91 Å². The van der Waals surface area contributed by atoms with Crippen LogP contribution in [0.2, 0.25) is 0 Å². The highest BCUT2D eigenvalue weighted by Crippen LogP contribution is 2.41. The Hall–Kier alpha value is -2.47. The number of hydrogen-bond acceptors (Lipinski definition) is 4. The summed E-state index contributed by atoms with van der Waals surface area (Å²) in [5.41, 5.74) is 4.77. The Morgan fingerprint density at radius 3 is 3.00 bits per heavy atom. The van der Waals surface area contributed by atoms with Gasteiger partial charge < -0.3 is 5.32 Å². The largest absolute Gasteiger partial charge is 0.345 e. The SMILES string of the molecule is C[C@H](NC(=O)c1scnc1C1CC1)c1cccc(-n2cccn2)c1. The van der Waals surface area contributed by atoms with Gasteiger partial charge in [-0.25, -0.2) is 9.67 Å². The Morgan fingerprint density at radius 1 is 1.38 bits per heavy atom. The molecule has 1 aromatic carbocycles. The predicted molar refractivity (Wildman–Crippen MR) is 93.5 cm³/mol. The molecule has 2 heterocycles. The first-order valence-electron chi connectivity index (χ1n) is 8.06. The van der Waals surface area contributed by atoms with Gasteiger partial charge in [0.15, 0.2) is 0 Å². The van der Waals surface area contributed by atoms with Crippen LogP contribution in [0.15, 0.2) is 48.2 Å². The average Bonchev–Trinajstić information content (AvgIpc) is 3.11. The Balaban J connectivity index is 1.51. The molecule has 1 aliphatic rings. The van der Waals surface area contributed by atoms with Gasteiger partial charge in [-0.05, 0) is 43.5 Å². The monoisotopic (exact) mass is 338 g/mol. The van der Waals surface area contributed by atoms with Crippen molar-refractivity contribution in [3.05, 3.63) is 64.4 Å². The molecule has 1 aliphatic carbocycles. The lowest BCUT2D eigenvalue weighted by atomic mass is 10.1. The quantitative estimate of drug-likeness (QED) is 0.772. The van der Waals surface area contributed by atoms with Crippen molar-refractivity contribution in [3.8, 4) is 5.69 Å². The molecule has 1 saturated carbocycles. The highest BCUT2D eigenvalue weighted by Gasteiger charge is 2.31. The maximum Gasteiger partial charge on any atom is 0.263 e. The van der Waals surface area contributed by atoms with Crippen LogP contribution in [0.3, 0.4) is 0 Å². The normalized spacial score (nSPS) is 15.2. The van der Waals surface area contributed by atoms with E-state index in [1.165, 1.54) is 11.3 Å². The molecular weight excluding hydrogens is 320 g/mol. The lowest BCUT2D eigenvalue weighted by Gasteiger charge is -2.15. The van der Waals surface area contributed by atoms with Gasteiger partial charge >= 0.3 is 0 Å². The number of hydrogen-bond donors (Lipinski definition) is 1. The summed E-state index contributed by atoms with van der Waals surface area (Å²) in [4.78, 5) is 17.7. The molecule has 0 unspecified atom stereocenters. The molecule has 6 heteroatoms. The first-order chi connectivity index (χ1) is 11.7. The van der Waals surface area contributed by atoms with Crippen LogP contribution >= 0.6 is 11.3 Å². The number of carbonyl (C=O) groups excluding carboxylic acids is 1. The van der Waals surface area contributed by atoms with E-state index in [4.69, 9.17) is 0 Å². The van der Waals surface area contributed by atoms with E-state index in [0.29, 0.717) is 5.92 Å². The highest BCUT2D eigenvalue weighted by atomic mass is 32.1. The van der Waals surface area contributed by atoms with Crippen LogP contribution in [0.1, 0.15) is 52.7 Å². The van der Waals surface area contributed by atoms with E-state index >= 15 is 0 Å². The molecule has 0 bridgehead atoms. The van der Waals surface area contributed by atoms with E-state index in [9.17, 15) is 4.79 Å². The zero-order valence-electron chi connectivity index (χ0n) is 13.3. The van der Waals surface area contributed by atoms with Gasteiger partial charge in [-0.1, -0.05) is 12.1 Å². The van der Waals surface area contributed by atoms with E-state index in [-0.39, 0.29) is 11.9 Å². The van der Waals surface area contributed by atoms with Crippen molar-refractivity contribution in [1.82, 2.24) is 20.1 Å². The molecule has 0 aliphatic heterocycles. The molecule has 1 amide bonds. The summed E-state index contributed by atoms with van der Waals surface area (Å²) in [6.45, 7) is 2.00. The van der Waals surface area contributed by atoms with Gasteiger partial charge in [-0.3, -0.25) is 4.79 Å². The maximum absolute atomic E-state index is 12.6. The third-order valence-electron chi connectivity index (χ3n) is 4.25. The van der Waals surface area contributed by atoms with Gasteiger partial charge in [0, 0.05) is 18.3 Å². The molecule has 2 aromatic heterocycles. The summed E-state index contributed by atoms with van der Waals surface area (Å²) in [5.74, 6) is 0.451. The summed E-state index contributed by atoms with van der Waals surface area (Å²) in [6.07, 6.45) is 5.94. The zero-order valence-corrected chi connectivity index (χ0v) is 14.2. The fourth-order valence-corrected chi connectivity index (χ4v) is 3.55. The third-order valence-corrected chi connectivity index (χ3v) is 5.09. The first kappa shape index (κ1) is 15.1. The summed E-state index contributed by atoms with van der Waals surface area (Å²) < 4.78 is 1.81. The minimum Gasteiger partial charge on any atom is -0.345 e. The molecule has 0 radical (unpaired) electrons. The zero-order chi connectivity index (χ0) is 16.5. The van der Waals surface area contributed by atoms with Crippen molar-refractivity contribution < 1.29 is 4.79 Å². The number of aromatic nitrogens is 3. The van der Waals surface area contributed by atoms with Crippen molar-refractivity contribution in [2.75, 3.05) is 0 Å². The van der Waals surface area contributed by atoms with E-state index in [1.807, 2.05) is 48.1 Å². The number of nitrogens with one attached hydrogen (secondary N) is 1. The van der Waals surface area contributed by atoms with Gasteiger partial charge in [-0.2, -0.15) is 5.10 Å². The third kappa shape index (κ3) is 2.97. The number of carbonyl (C=O) groups is 1. The topological polar surface area (TPSA) is 59.8 Å². The Bertz CT molecular complexity index is 852. The molecule has 1 atom stereocenters. The maximum atomic E-state index is 12.6. The lowest BCUT2D eigenvalue weighted by molar-refractivity contribution is 0.0943. The fraction of sp³-hybridized carbons (Fsp3) is 0.278. The molecule has 1 fully saturated rings. The Kier molecular flexibility index (Phi) is 3.90. The second-order valence-electron chi connectivity index (χ2n) is 6.08. The second kappa shape index (κ2) is 6.20. The van der Waals surface area contributed by atoms with Crippen molar-refractivity contribution in [1.29, 1.82) is 0 Å². The van der Waals surface area contributed by atoms with E-state index in [2.05, 4.69) is 15.4 Å². The molecule has 1 N–H and O–H groups in total. The van der Waals surface area contributed by atoms with E-state index < -0.39 is 0 Å². The van der Waals surface area contributed by atoms with E-state index in [0.717, 1.165) is 34.7 Å². The van der Waals surface area contributed by atoms with Crippen molar-refractivity contribution >= 4 is 17.2 Å². The predicted octanol–water partition coefficient (Wildman–Crippen LogP) is 3.70. The summed E-state index contributed by atoms with van der Waals surface area (Å²) in [5, 5.41) is 7.35. The van der Waals surface area contributed by atoms with Crippen molar-refractivity contribution in [2.24, 2.45) is 0 Å². The highest BCUT2D eigenvalue weighted by molar-refractivity contribution is 7.11. The van der Waals surface area contributed by atoms with Crippen LogP contribution < -0.4 is 5.32 Å². The number of thiazole rings is 1. The average molecular weight is 338 g/mol. The Morgan fingerprint density at radius 2 is 2.25 bits per heavy atom. The lowest BCUT2D eigenvalue weighted by Crippen LogP contribution is -2.26. The minimum atomic E-state index is -0.0813. The van der Waals surface area contributed by atoms with Gasteiger partial charge in [0.2, 0.25) is 0 Å². The van der Waals surface area contributed by atoms with Gasteiger partial charge in [0.05, 0.1) is 22.9 Å². The summed E-state index contributed by atoms with van der Waals surface area (Å²) in [6, 6.07) is 9.86. The van der Waals surface area contributed by atoms with Gasteiger partial charge in [-0.15, -0.1) is 11.3 Å². The Labute approximate surface area is 144 Å². The second-order valence-corrected chi connectivity index (χ2v) is 6.94. The molecule has 5 nitrogen and oxygen atoms in total. The molecule has 4 rings (SSSR count). The molecule has 24 heavy (non-hydrogen) atoms. The van der Waals surface area contributed by atoms with Crippen molar-refractivity contribution in [2.45, 2.75) is 31.7 Å². The van der Waals surface area contributed by atoms with Gasteiger partial charge in [0.1, 0.15) is 4.88 Å². The molecule has 0 spiro atoms. The molecule has 122 valence electrons. The van der Waals surface area contributed by atoms with Crippen LogP contribution in [-0.4, -0.2) is 20.7 Å². The number of rotatable bonds is 5. The summed E-state index contributed by atoms with van der Waals surface area (Å²) >= 11 is 1.43. The molecule has 3 aromatic rings. The first-order valence-corrected chi connectivity index (χ1v) is 8.94. The number of nitrogens with zero attached hydrogens (tertiary/aromatic N) is 3. The molecule has 0 saturated heterocycles. The smallest absolute Gasteiger partial charge is 0.263 e. The fourth-order valence-electron chi connectivity index (χ4n) is 2.78. The number of benzene rings is 1. The van der Waals surface area contributed by atoms with Crippen LogP contribution in [0.5, 0.6) is 0 Å². The van der Waals surface area contributed by atoms with Crippen LogP contribution in [-0.2, 0) is 0 Å². The van der Waals surface area contributed by atoms with Crippen molar-refractivity contribution in [3.63, 3.8) is 0 Å². The van der Waals surface area contributed by atoms with Crippen LogP contribution in [0.4, 0.5) is 0 Å². The summed E-state index contributed by atoms with van der Waals surface area (Å²) in [7, 11) is 0.